The number of aryl methyl sites for hydroxylation is 2. The van der Waals surface area contributed by atoms with Gasteiger partial charge in [-0.15, -0.1) is 0 Å². The summed E-state index contributed by atoms with van der Waals surface area (Å²) in [4.78, 5) is 22.5. The molecule has 0 aliphatic rings. The molecule has 0 radical (unpaired) electrons. The summed E-state index contributed by atoms with van der Waals surface area (Å²) < 4.78 is 1.31. The number of nitrogens with zero attached hydrogens (tertiary/aromatic N) is 1. The average Bonchev–Trinajstić information content (AvgIpc) is 2.56. The minimum absolute atomic E-state index is 0.178. The monoisotopic (exact) mass is 216 g/mol. The third kappa shape index (κ3) is 1.48. The van der Waals surface area contributed by atoms with Crippen LogP contribution in [0, 0.1) is 6.92 Å². The van der Waals surface area contributed by atoms with Crippen LogP contribution in [0.1, 0.15) is 15.9 Å². The van der Waals surface area contributed by atoms with Crippen LogP contribution in [0.3, 0.4) is 0 Å². The van der Waals surface area contributed by atoms with E-state index in [1.807, 2.05) is 31.2 Å². The highest BCUT2D eigenvalue weighted by atomic mass is 16.1. The molecule has 0 aliphatic carbocycles. The molecule has 0 atom stereocenters. The van der Waals surface area contributed by atoms with E-state index in [9.17, 15) is 9.59 Å². The molecule has 4 heteroatoms. The highest BCUT2D eigenvalue weighted by molar-refractivity contribution is 5.86. The first-order chi connectivity index (χ1) is 7.65. The molecule has 0 fully saturated rings. The summed E-state index contributed by atoms with van der Waals surface area (Å²) in [7, 11) is 1.59. The zero-order valence-corrected chi connectivity index (χ0v) is 9.15. The second kappa shape index (κ2) is 3.81. The molecule has 2 aromatic rings. The Hall–Kier alpha value is -2.10. The van der Waals surface area contributed by atoms with Gasteiger partial charge in [-0.2, -0.15) is 0 Å². The van der Waals surface area contributed by atoms with Crippen molar-refractivity contribution in [3.05, 3.63) is 45.7 Å². The summed E-state index contributed by atoms with van der Waals surface area (Å²) in [6.07, 6.45) is 0.598. The van der Waals surface area contributed by atoms with E-state index in [1.54, 1.807) is 7.05 Å². The van der Waals surface area contributed by atoms with Gasteiger partial charge in [0, 0.05) is 12.6 Å². The van der Waals surface area contributed by atoms with Crippen LogP contribution in [-0.2, 0) is 7.05 Å². The molecule has 0 unspecified atom stereocenters. The van der Waals surface area contributed by atoms with E-state index in [0.29, 0.717) is 12.0 Å². The number of benzene rings is 1. The third-order valence-electron chi connectivity index (χ3n) is 2.62. The van der Waals surface area contributed by atoms with Crippen molar-refractivity contribution < 1.29 is 4.79 Å². The lowest BCUT2D eigenvalue weighted by molar-refractivity contribution is 0.112. The van der Waals surface area contributed by atoms with Crippen LogP contribution in [0.2, 0.25) is 0 Å². The van der Waals surface area contributed by atoms with Crippen molar-refractivity contribution >= 4 is 6.29 Å². The zero-order valence-electron chi connectivity index (χ0n) is 9.15. The highest BCUT2D eigenvalue weighted by Gasteiger charge is 2.14. The fraction of sp³-hybridized carbons (Fsp3) is 0.167. The lowest BCUT2D eigenvalue weighted by Crippen LogP contribution is -2.14. The molecule has 1 aromatic carbocycles. The standard InChI is InChI=1S/C12H12N2O2/c1-8-5-3-4-6-9(8)11-10(7-15)12(16)14(2)13-11/h3-7,13H,1-2H3. The first-order valence-corrected chi connectivity index (χ1v) is 4.95. The van der Waals surface area contributed by atoms with E-state index < -0.39 is 0 Å². The van der Waals surface area contributed by atoms with Crippen LogP contribution in [0.4, 0.5) is 0 Å². The van der Waals surface area contributed by atoms with Crippen LogP contribution in [-0.4, -0.2) is 16.1 Å². The van der Waals surface area contributed by atoms with Crippen LogP contribution in [0.25, 0.3) is 11.3 Å². The molecular weight excluding hydrogens is 204 g/mol. The quantitative estimate of drug-likeness (QED) is 0.773. The van der Waals surface area contributed by atoms with Crippen LogP contribution >= 0.6 is 0 Å². The third-order valence-corrected chi connectivity index (χ3v) is 2.62. The Kier molecular flexibility index (Phi) is 2.48. The summed E-state index contributed by atoms with van der Waals surface area (Å²) in [6, 6.07) is 7.62. The number of aldehydes is 1. The summed E-state index contributed by atoms with van der Waals surface area (Å²) in [5, 5.41) is 2.89. The molecule has 82 valence electrons. The van der Waals surface area contributed by atoms with Gasteiger partial charge in [-0.1, -0.05) is 24.3 Å². The van der Waals surface area contributed by atoms with Crippen molar-refractivity contribution in [1.82, 2.24) is 9.78 Å². The molecule has 0 amide bonds. The van der Waals surface area contributed by atoms with Gasteiger partial charge in [-0.3, -0.25) is 19.4 Å². The number of H-pyrrole nitrogens is 1. The van der Waals surface area contributed by atoms with Crippen molar-refractivity contribution in [2.45, 2.75) is 6.92 Å². The summed E-state index contributed by atoms with van der Waals surface area (Å²) in [5.74, 6) is 0. The Morgan fingerprint density at radius 1 is 1.31 bits per heavy atom. The van der Waals surface area contributed by atoms with E-state index in [1.165, 1.54) is 4.68 Å². The second-order valence-corrected chi connectivity index (χ2v) is 3.70. The summed E-state index contributed by atoms with van der Waals surface area (Å²) in [5.41, 5.74) is 2.36. The normalized spacial score (nSPS) is 10.4. The highest BCUT2D eigenvalue weighted by Crippen LogP contribution is 2.21. The van der Waals surface area contributed by atoms with E-state index in [0.717, 1.165) is 11.1 Å². The van der Waals surface area contributed by atoms with E-state index >= 15 is 0 Å². The number of aromatic nitrogens is 2. The van der Waals surface area contributed by atoms with E-state index in [-0.39, 0.29) is 11.1 Å². The maximum atomic E-state index is 11.6. The van der Waals surface area contributed by atoms with Gasteiger partial charge >= 0.3 is 0 Å². The topological polar surface area (TPSA) is 54.9 Å². The second-order valence-electron chi connectivity index (χ2n) is 3.70. The van der Waals surface area contributed by atoms with Gasteiger partial charge in [0.1, 0.15) is 5.56 Å². The van der Waals surface area contributed by atoms with Gasteiger partial charge in [0.2, 0.25) is 0 Å². The molecule has 2 rings (SSSR count). The lowest BCUT2D eigenvalue weighted by atomic mass is 10.0. The minimum atomic E-state index is -0.298. The van der Waals surface area contributed by atoms with Gasteiger partial charge in [-0.05, 0) is 12.5 Å². The van der Waals surface area contributed by atoms with Crippen LogP contribution in [0.15, 0.2) is 29.1 Å². The minimum Gasteiger partial charge on any atom is -0.298 e. The Morgan fingerprint density at radius 3 is 2.62 bits per heavy atom. The number of rotatable bonds is 2. The lowest BCUT2D eigenvalue weighted by Gasteiger charge is -2.02. The van der Waals surface area contributed by atoms with Crippen molar-refractivity contribution in [2.75, 3.05) is 0 Å². The number of nitrogens with one attached hydrogen (secondary N) is 1. The fourth-order valence-corrected chi connectivity index (χ4v) is 1.73. The number of carbonyl (C=O) groups is 1. The maximum Gasteiger partial charge on any atom is 0.277 e. The number of carbonyl (C=O) groups excluding carboxylic acids is 1. The largest absolute Gasteiger partial charge is 0.298 e. The Morgan fingerprint density at radius 2 is 2.00 bits per heavy atom. The van der Waals surface area contributed by atoms with E-state index in [2.05, 4.69) is 5.10 Å². The molecule has 4 nitrogen and oxygen atoms in total. The Bertz CT molecular complexity index is 593. The molecule has 0 aliphatic heterocycles. The molecule has 0 saturated carbocycles. The molecule has 1 heterocycles. The number of hydrogen-bond donors (Lipinski definition) is 1. The van der Waals surface area contributed by atoms with Gasteiger partial charge < -0.3 is 0 Å². The van der Waals surface area contributed by atoms with Gasteiger partial charge in [0.15, 0.2) is 6.29 Å². The zero-order chi connectivity index (χ0) is 11.7. The van der Waals surface area contributed by atoms with Crippen molar-refractivity contribution in [3.63, 3.8) is 0 Å². The van der Waals surface area contributed by atoms with Gasteiger partial charge in [0.25, 0.3) is 5.56 Å². The molecule has 0 saturated heterocycles. The molecule has 0 bridgehead atoms. The number of hydrogen-bond acceptors (Lipinski definition) is 2. The first kappa shape index (κ1) is 10.4. The maximum absolute atomic E-state index is 11.6. The van der Waals surface area contributed by atoms with Crippen LogP contribution < -0.4 is 5.56 Å². The fourth-order valence-electron chi connectivity index (χ4n) is 1.73. The summed E-state index contributed by atoms with van der Waals surface area (Å²) in [6.45, 7) is 1.94. The molecular formula is C12H12N2O2. The summed E-state index contributed by atoms with van der Waals surface area (Å²) >= 11 is 0. The Labute approximate surface area is 92.5 Å². The predicted octanol–water partition coefficient (Wildman–Crippen LogP) is 1.50. The molecule has 16 heavy (non-hydrogen) atoms. The van der Waals surface area contributed by atoms with E-state index in [4.69, 9.17) is 0 Å². The molecule has 0 spiro atoms. The molecule has 1 N–H and O–H groups in total. The average molecular weight is 216 g/mol. The molecule has 1 aromatic heterocycles. The van der Waals surface area contributed by atoms with Gasteiger partial charge in [-0.25, -0.2) is 0 Å². The number of aromatic amines is 1. The van der Waals surface area contributed by atoms with Gasteiger partial charge in [0.05, 0.1) is 5.69 Å². The van der Waals surface area contributed by atoms with Crippen molar-refractivity contribution in [1.29, 1.82) is 0 Å². The predicted molar refractivity (Wildman–Crippen MR) is 61.6 cm³/mol. The Balaban J connectivity index is 2.75. The van der Waals surface area contributed by atoms with Crippen molar-refractivity contribution in [2.24, 2.45) is 7.05 Å². The smallest absolute Gasteiger partial charge is 0.277 e. The van der Waals surface area contributed by atoms with Crippen LogP contribution in [0.5, 0.6) is 0 Å². The first-order valence-electron chi connectivity index (χ1n) is 4.95. The van der Waals surface area contributed by atoms with Crippen molar-refractivity contribution in [3.8, 4) is 11.3 Å². The SMILES string of the molecule is Cc1ccccc1-c1[nH]n(C)c(=O)c1C=O.